The van der Waals surface area contributed by atoms with Gasteiger partial charge in [-0.05, 0) is 11.6 Å². The van der Waals surface area contributed by atoms with Crippen LogP contribution in [0, 0.1) is 0 Å². The minimum Gasteiger partial charge on any atom is -0.216 e. The van der Waals surface area contributed by atoms with Crippen molar-refractivity contribution in [3.63, 3.8) is 0 Å². The first-order chi connectivity index (χ1) is 8.34. The van der Waals surface area contributed by atoms with Crippen molar-refractivity contribution in [2.45, 2.75) is 6.54 Å². The number of hydrogen-bond acceptors (Lipinski definition) is 1. The van der Waals surface area contributed by atoms with Gasteiger partial charge in [0.15, 0.2) is 0 Å². The Balaban J connectivity index is 2.10. The van der Waals surface area contributed by atoms with E-state index in [1.807, 2.05) is 53.2 Å². The van der Waals surface area contributed by atoms with Crippen LogP contribution in [0.25, 0.3) is 5.65 Å². The first-order valence-corrected chi connectivity index (χ1v) is 5.48. The molecular weight excluding hydrogens is 214 g/mol. The van der Waals surface area contributed by atoms with Crippen molar-refractivity contribution in [2.75, 3.05) is 0 Å². The molecule has 17 heavy (non-hydrogen) atoms. The molecule has 0 aliphatic rings. The number of pyridine rings is 1. The Morgan fingerprint density at radius 1 is 1.06 bits per heavy atom. The summed E-state index contributed by atoms with van der Waals surface area (Å²) < 4.78 is 3.45. The molecule has 3 aromatic rings. The van der Waals surface area contributed by atoms with Crippen LogP contribution in [0.15, 0.2) is 59.5 Å². The Labute approximate surface area is 97.8 Å². The zero-order valence-corrected chi connectivity index (χ0v) is 9.21. The molecule has 1 aromatic carbocycles. The number of rotatable bonds is 2. The summed E-state index contributed by atoms with van der Waals surface area (Å²) in [7, 11) is 0. The molecule has 0 saturated heterocycles. The van der Waals surface area contributed by atoms with E-state index in [1.165, 1.54) is 0 Å². The smallest absolute Gasteiger partial charge is 0.216 e. The van der Waals surface area contributed by atoms with Crippen LogP contribution >= 0.6 is 0 Å². The van der Waals surface area contributed by atoms with E-state index in [0.29, 0.717) is 6.54 Å². The molecule has 0 radical (unpaired) electrons. The first kappa shape index (κ1) is 9.84. The molecular formula is C13H12N3O+. The van der Waals surface area contributed by atoms with Crippen LogP contribution in [-0.2, 0) is 6.54 Å². The van der Waals surface area contributed by atoms with Crippen LogP contribution in [0.4, 0.5) is 0 Å². The van der Waals surface area contributed by atoms with Gasteiger partial charge >= 0.3 is 11.3 Å². The summed E-state index contributed by atoms with van der Waals surface area (Å²) in [6, 6.07) is 15.7. The van der Waals surface area contributed by atoms with Gasteiger partial charge in [-0.1, -0.05) is 36.4 Å². The first-order valence-electron chi connectivity index (χ1n) is 5.48. The number of nitrogens with zero attached hydrogens (tertiary/aromatic N) is 2. The fraction of sp³-hybridized carbons (Fsp3) is 0.0769. The molecule has 0 aliphatic carbocycles. The maximum Gasteiger partial charge on any atom is 0.448 e. The largest absolute Gasteiger partial charge is 0.448 e. The van der Waals surface area contributed by atoms with Crippen LogP contribution in [0.1, 0.15) is 5.56 Å². The van der Waals surface area contributed by atoms with E-state index >= 15 is 0 Å². The van der Waals surface area contributed by atoms with Crippen molar-refractivity contribution < 1.29 is 4.68 Å². The van der Waals surface area contributed by atoms with Gasteiger partial charge in [-0.2, -0.15) is 5.10 Å². The molecule has 2 heterocycles. The number of hydrogen-bond donors (Lipinski definition) is 1. The maximum atomic E-state index is 11.7. The second-order valence-electron chi connectivity index (χ2n) is 3.92. The Morgan fingerprint density at radius 3 is 2.65 bits per heavy atom. The zero-order chi connectivity index (χ0) is 11.7. The molecule has 0 unspecified atom stereocenters. The van der Waals surface area contributed by atoms with Gasteiger partial charge in [0, 0.05) is 6.07 Å². The Bertz CT molecular complexity index is 697. The third-order valence-corrected chi connectivity index (χ3v) is 2.75. The molecule has 2 aromatic heterocycles. The lowest BCUT2D eigenvalue weighted by molar-refractivity contribution is -0.720. The highest BCUT2D eigenvalue weighted by atomic mass is 16.1. The minimum absolute atomic E-state index is 0.114. The summed E-state index contributed by atoms with van der Waals surface area (Å²) >= 11 is 0. The van der Waals surface area contributed by atoms with Crippen molar-refractivity contribution in [1.82, 2.24) is 9.50 Å². The molecule has 0 saturated carbocycles. The molecule has 0 spiro atoms. The average molecular weight is 226 g/mol. The summed E-state index contributed by atoms with van der Waals surface area (Å²) in [5.74, 6) is 0. The van der Waals surface area contributed by atoms with E-state index in [2.05, 4.69) is 5.10 Å². The lowest BCUT2D eigenvalue weighted by Gasteiger charge is -1.96. The third-order valence-electron chi connectivity index (χ3n) is 2.75. The van der Waals surface area contributed by atoms with Crippen molar-refractivity contribution in [1.29, 1.82) is 0 Å². The summed E-state index contributed by atoms with van der Waals surface area (Å²) in [5.41, 5.74) is 1.91. The molecule has 0 aliphatic heterocycles. The second-order valence-corrected chi connectivity index (χ2v) is 3.92. The monoisotopic (exact) mass is 226 g/mol. The summed E-state index contributed by atoms with van der Waals surface area (Å²) in [4.78, 5) is 11.7. The van der Waals surface area contributed by atoms with Crippen LogP contribution < -0.4 is 10.4 Å². The van der Waals surface area contributed by atoms with Gasteiger partial charge in [-0.15, -0.1) is 9.08 Å². The predicted octanol–water partition coefficient (Wildman–Crippen LogP) is 0.963. The molecule has 4 nitrogen and oxygen atoms in total. The number of aromatic nitrogens is 3. The molecule has 0 amide bonds. The predicted molar refractivity (Wildman–Crippen MR) is 63.8 cm³/mol. The van der Waals surface area contributed by atoms with Crippen molar-refractivity contribution in [3.8, 4) is 0 Å². The third kappa shape index (κ3) is 1.73. The van der Waals surface area contributed by atoms with Gasteiger partial charge in [0.2, 0.25) is 0 Å². The quantitative estimate of drug-likeness (QED) is 0.650. The highest BCUT2D eigenvalue weighted by molar-refractivity contribution is 5.30. The second kappa shape index (κ2) is 3.90. The molecule has 0 bridgehead atoms. The van der Waals surface area contributed by atoms with Gasteiger partial charge in [0.05, 0.1) is 0 Å². The number of nitrogens with one attached hydrogen (secondary N) is 1. The van der Waals surface area contributed by atoms with E-state index in [4.69, 9.17) is 0 Å². The normalized spacial score (nSPS) is 10.8. The van der Waals surface area contributed by atoms with E-state index in [-0.39, 0.29) is 5.69 Å². The zero-order valence-electron chi connectivity index (χ0n) is 9.21. The lowest BCUT2D eigenvalue weighted by atomic mass is 10.2. The van der Waals surface area contributed by atoms with Crippen molar-refractivity contribution >= 4 is 5.65 Å². The molecule has 4 heteroatoms. The SMILES string of the molecule is O=c1[nH][n+](Cc2ccccc2)c2ccccn12. The van der Waals surface area contributed by atoms with Crippen LogP contribution in [0.5, 0.6) is 0 Å². The fourth-order valence-corrected chi connectivity index (χ4v) is 1.94. The van der Waals surface area contributed by atoms with Gasteiger partial charge < -0.3 is 0 Å². The highest BCUT2D eigenvalue weighted by Crippen LogP contribution is 1.98. The number of H-pyrrole nitrogens is 1. The molecule has 3 rings (SSSR count). The van der Waals surface area contributed by atoms with Crippen molar-refractivity contribution in [2.24, 2.45) is 0 Å². The van der Waals surface area contributed by atoms with Crippen LogP contribution in [0.2, 0.25) is 0 Å². The highest BCUT2D eigenvalue weighted by Gasteiger charge is 2.13. The molecule has 0 atom stereocenters. The standard InChI is InChI=1S/C13H11N3O/c17-13-14-16(10-11-6-2-1-3-7-11)12-8-4-5-9-15(12)13/h1-9H,10H2/p+1. The van der Waals surface area contributed by atoms with Crippen LogP contribution in [-0.4, -0.2) is 9.50 Å². The summed E-state index contributed by atoms with van der Waals surface area (Å²) in [5, 5.41) is 2.83. The molecule has 1 N–H and O–H groups in total. The summed E-state index contributed by atoms with van der Waals surface area (Å²) in [6.07, 6.45) is 1.76. The fourth-order valence-electron chi connectivity index (χ4n) is 1.94. The van der Waals surface area contributed by atoms with Crippen LogP contribution in [0.3, 0.4) is 0 Å². The topological polar surface area (TPSA) is 41.2 Å². The number of aromatic amines is 1. The summed E-state index contributed by atoms with van der Waals surface area (Å²) in [6.45, 7) is 0.663. The van der Waals surface area contributed by atoms with E-state index in [9.17, 15) is 4.79 Å². The maximum absolute atomic E-state index is 11.7. The average Bonchev–Trinajstić information content (AvgIpc) is 2.69. The lowest BCUT2D eigenvalue weighted by Crippen LogP contribution is -2.38. The van der Waals surface area contributed by atoms with Gasteiger partial charge in [-0.3, -0.25) is 0 Å². The van der Waals surface area contributed by atoms with Gasteiger partial charge in [0.1, 0.15) is 12.7 Å². The number of fused-ring (bicyclic) bond motifs is 1. The minimum atomic E-state index is -0.114. The van der Waals surface area contributed by atoms with E-state index < -0.39 is 0 Å². The van der Waals surface area contributed by atoms with E-state index in [0.717, 1.165) is 11.2 Å². The van der Waals surface area contributed by atoms with Crippen molar-refractivity contribution in [3.05, 3.63) is 70.8 Å². The molecule has 84 valence electrons. The Kier molecular flexibility index (Phi) is 2.26. The number of benzene rings is 1. The van der Waals surface area contributed by atoms with Gasteiger partial charge in [-0.25, -0.2) is 4.79 Å². The Hall–Kier alpha value is -2.36. The Morgan fingerprint density at radius 2 is 1.82 bits per heavy atom. The van der Waals surface area contributed by atoms with Gasteiger partial charge in [0.25, 0.3) is 0 Å². The van der Waals surface area contributed by atoms with E-state index in [1.54, 1.807) is 10.6 Å². The molecule has 0 fully saturated rings.